The van der Waals surface area contributed by atoms with Gasteiger partial charge in [0.25, 0.3) is 0 Å². The monoisotopic (exact) mass is 202 g/mol. The van der Waals surface area contributed by atoms with Crippen LogP contribution in [-0.4, -0.2) is 31.2 Å². The van der Waals surface area contributed by atoms with Gasteiger partial charge in [-0.25, -0.2) is 0 Å². The first-order valence-electron chi connectivity index (χ1n) is 5.12. The molecule has 0 aromatic carbocycles. The molecule has 0 aromatic rings. The highest BCUT2D eigenvalue weighted by Gasteiger charge is 2.17. The van der Waals surface area contributed by atoms with E-state index in [1.54, 1.807) is 6.92 Å². The minimum Gasteiger partial charge on any atom is -0.380 e. The number of hydrogen-bond acceptors (Lipinski definition) is 3. The molecule has 1 amide bonds. The van der Waals surface area contributed by atoms with Crippen LogP contribution >= 0.6 is 0 Å². The summed E-state index contributed by atoms with van der Waals surface area (Å²) in [5.41, 5.74) is 5.46. The van der Waals surface area contributed by atoms with Crippen molar-refractivity contribution < 1.29 is 9.53 Å². The van der Waals surface area contributed by atoms with Gasteiger partial charge in [-0.1, -0.05) is 13.8 Å². The highest BCUT2D eigenvalue weighted by molar-refractivity contribution is 5.81. The number of rotatable bonds is 6. The van der Waals surface area contributed by atoms with E-state index in [0.29, 0.717) is 19.1 Å². The molecule has 0 saturated carbocycles. The van der Waals surface area contributed by atoms with E-state index < -0.39 is 6.04 Å². The zero-order chi connectivity index (χ0) is 11.1. The molecule has 84 valence electrons. The molecule has 0 spiro atoms. The predicted molar refractivity (Wildman–Crippen MR) is 56.9 cm³/mol. The van der Waals surface area contributed by atoms with Crippen molar-refractivity contribution in [3.63, 3.8) is 0 Å². The third kappa shape index (κ3) is 5.19. The molecule has 0 aliphatic carbocycles. The highest BCUT2D eigenvalue weighted by Crippen LogP contribution is 2.02. The number of ether oxygens (including phenoxy) is 1. The molecule has 1 unspecified atom stereocenters. The number of carbonyl (C=O) groups is 1. The first-order valence-corrected chi connectivity index (χ1v) is 5.12. The Labute approximate surface area is 86.2 Å². The summed E-state index contributed by atoms with van der Waals surface area (Å²) in [6.07, 6.45) is 0. The van der Waals surface area contributed by atoms with Crippen molar-refractivity contribution in [2.45, 2.75) is 39.8 Å². The van der Waals surface area contributed by atoms with Crippen molar-refractivity contribution in [3.8, 4) is 0 Å². The standard InChI is InChI=1S/C10H22N2O2/c1-5-14-6-9(7(2)3)12-10(13)8(4)11/h7-9H,5-6,11H2,1-4H3,(H,12,13)/t8-,9?/m1/s1. The average Bonchev–Trinajstić information content (AvgIpc) is 2.10. The second-order valence-electron chi connectivity index (χ2n) is 3.81. The number of nitrogens with one attached hydrogen (secondary N) is 1. The molecule has 0 saturated heterocycles. The number of hydrogen-bond donors (Lipinski definition) is 2. The summed E-state index contributed by atoms with van der Waals surface area (Å²) in [6, 6.07) is -0.411. The van der Waals surface area contributed by atoms with Gasteiger partial charge in [0, 0.05) is 6.61 Å². The second kappa shape index (κ2) is 6.79. The molecule has 0 aromatic heterocycles. The smallest absolute Gasteiger partial charge is 0.236 e. The molecule has 2 atom stereocenters. The van der Waals surface area contributed by atoms with Crippen molar-refractivity contribution in [1.82, 2.24) is 5.32 Å². The van der Waals surface area contributed by atoms with Gasteiger partial charge >= 0.3 is 0 Å². The van der Waals surface area contributed by atoms with E-state index in [-0.39, 0.29) is 11.9 Å². The molecule has 0 aliphatic rings. The molecular weight excluding hydrogens is 180 g/mol. The summed E-state index contributed by atoms with van der Waals surface area (Å²) in [4.78, 5) is 11.3. The minimum absolute atomic E-state index is 0.0495. The van der Waals surface area contributed by atoms with Crippen LogP contribution in [0.5, 0.6) is 0 Å². The Bertz CT molecular complexity index is 170. The summed E-state index contributed by atoms with van der Waals surface area (Å²) >= 11 is 0. The fourth-order valence-corrected chi connectivity index (χ4v) is 0.960. The maximum atomic E-state index is 11.3. The van der Waals surface area contributed by atoms with Gasteiger partial charge in [-0.15, -0.1) is 0 Å². The van der Waals surface area contributed by atoms with Gasteiger partial charge in [0.1, 0.15) is 0 Å². The molecule has 0 radical (unpaired) electrons. The molecule has 0 aliphatic heterocycles. The van der Waals surface area contributed by atoms with Gasteiger partial charge in [0.2, 0.25) is 5.91 Å². The van der Waals surface area contributed by atoms with Crippen molar-refractivity contribution in [2.75, 3.05) is 13.2 Å². The summed E-state index contributed by atoms with van der Waals surface area (Å²) < 4.78 is 5.28. The number of carbonyl (C=O) groups excluding carboxylic acids is 1. The molecule has 3 N–H and O–H groups in total. The van der Waals surface area contributed by atoms with Crippen molar-refractivity contribution in [3.05, 3.63) is 0 Å². The third-order valence-corrected chi connectivity index (χ3v) is 2.05. The lowest BCUT2D eigenvalue weighted by Gasteiger charge is -2.23. The maximum absolute atomic E-state index is 11.3. The quantitative estimate of drug-likeness (QED) is 0.659. The Morgan fingerprint density at radius 1 is 1.43 bits per heavy atom. The van der Waals surface area contributed by atoms with Gasteiger partial charge in [0.15, 0.2) is 0 Å². The fourth-order valence-electron chi connectivity index (χ4n) is 0.960. The lowest BCUT2D eigenvalue weighted by atomic mass is 10.1. The van der Waals surface area contributed by atoms with Crippen LogP contribution in [0.15, 0.2) is 0 Å². The Morgan fingerprint density at radius 2 is 2.00 bits per heavy atom. The summed E-state index contributed by atoms with van der Waals surface area (Å²) in [6.45, 7) is 8.92. The van der Waals surface area contributed by atoms with Crippen LogP contribution < -0.4 is 11.1 Å². The minimum atomic E-state index is -0.460. The van der Waals surface area contributed by atoms with Crippen LogP contribution in [0.3, 0.4) is 0 Å². The lowest BCUT2D eigenvalue weighted by Crippen LogP contribution is -2.48. The zero-order valence-corrected chi connectivity index (χ0v) is 9.54. The van der Waals surface area contributed by atoms with Crippen LogP contribution in [0.4, 0.5) is 0 Å². The van der Waals surface area contributed by atoms with Crippen molar-refractivity contribution >= 4 is 5.91 Å². The Balaban J connectivity index is 4.02. The SMILES string of the molecule is CCOCC(NC(=O)[C@@H](C)N)C(C)C. The Kier molecular flexibility index (Phi) is 6.49. The molecule has 0 rings (SSSR count). The van der Waals surface area contributed by atoms with E-state index in [4.69, 9.17) is 10.5 Å². The van der Waals surface area contributed by atoms with Crippen LogP contribution in [0, 0.1) is 5.92 Å². The topological polar surface area (TPSA) is 64.3 Å². The molecule has 14 heavy (non-hydrogen) atoms. The first kappa shape index (κ1) is 13.4. The Hall–Kier alpha value is -0.610. The molecule has 0 fully saturated rings. The van der Waals surface area contributed by atoms with Gasteiger partial charge in [0.05, 0.1) is 18.7 Å². The van der Waals surface area contributed by atoms with E-state index in [1.165, 1.54) is 0 Å². The molecular formula is C10H22N2O2. The normalized spacial score (nSPS) is 15.3. The lowest BCUT2D eigenvalue weighted by molar-refractivity contribution is -0.123. The predicted octanol–water partition coefficient (Wildman–Crippen LogP) is 0.511. The van der Waals surface area contributed by atoms with Crippen LogP contribution in [0.1, 0.15) is 27.7 Å². The van der Waals surface area contributed by atoms with E-state index >= 15 is 0 Å². The van der Waals surface area contributed by atoms with E-state index in [2.05, 4.69) is 5.32 Å². The molecule has 0 heterocycles. The van der Waals surface area contributed by atoms with Gasteiger partial charge in [-0.3, -0.25) is 4.79 Å². The third-order valence-electron chi connectivity index (χ3n) is 2.05. The van der Waals surface area contributed by atoms with Crippen molar-refractivity contribution in [1.29, 1.82) is 0 Å². The first-order chi connectivity index (χ1) is 6.49. The average molecular weight is 202 g/mol. The van der Waals surface area contributed by atoms with E-state index in [0.717, 1.165) is 0 Å². The summed E-state index contributed by atoms with van der Waals surface area (Å²) in [5.74, 6) is 0.229. The van der Waals surface area contributed by atoms with E-state index in [1.807, 2.05) is 20.8 Å². The number of amides is 1. The van der Waals surface area contributed by atoms with Crippen molar-refractivity contribution in [2.24, 2.45) is 11.7 Å². The second-order valence-corrected chi connectivity index (χ2v) is 3.81. The van der Waals surface area contributed by atoms with Gasteiger partial charge < -0.3 is 15.8 Å². The summed E-state index contributed by atoms with van der Waals surface area (Å²) in [7, 11) is 0. The van der Waals surface area contributed by atoms with Crippen LogP contribution in [0.2, 0.25) is 0 Å². The maximum Gasteiger partial charge on any atom is 0.236 e. The zero-order valence-electron chi connectivity index (χ0n) is 9.54. The molecule has 4 nitrogen and oxygen atoms in total. The van der Waals surface area contributed by atoms with E-state index in [9.17, 15) is 4.79 Å². The molecule has 4 heteroatoms. The largest absolute Gasteiger partial charge is 0.380 e. The summed E-state index contributed by atoms with van der Waals surface area (Å²) in [5, 5.41) is 2.86. The van der Waals surface area contributed by atoms with Crippen LogP contribution in [-0.2, 0) is 9.53 Å². The highest BCUT2D eigenvalue weighted by atomic mass is 16.5. The fraction of sp³-hybridized carbons (Fsp3) is 0.900. The Morgan fingerprint density at radius 3 is 2.36 bits per heavy atom. The van der Waals surface area contributed by atoms with Crippen LogP contribution in [0.25, 0.3) is 0 Å². The van der Waals surface area contributed by atoms with Gasteiger partial charge in [-0.05, 0) is 19.8 Å². The van der Waals surface area contributed by atoms with Gasteiger partial charge in [-0.2, -0.15) is 0 Å². The number of nitrogens with two attached hydrogens (primary N) is 1. The molecule has 0 bridgehead atoms.